The molecule has 0 aromatic heterocycles. The zero-order chi connectivity index (χ0) is 21.6. The molecule has 1 unspecified atom stereocenters. The van der Waals surface area contributed by atoms with Crippen molar-refractivity contribution in [2.75, 3.05) is 20.8 Å². The van der Waals surface area contributed by atoms with E-state index in [1.807, 2.05) is 51.1 Å². The monoisotopic (exact) mass is 395 g/mol. The van der Waals surface area contributed by atoms with E-state index >= 15 is 0 Å². The van der Waals surface area contributed by atoms with Gasteiger partial charge in [0.15, 0.2) is 17.3 Å². The topological polar surface area (TPSA) is 55.8 Å². The zero-order valence-electron chi connectivity index (χ0n) is 18.0. The van der Waals surface area contributed by atoms with Crippen LogP contribution in [0.15, 0.2) is 42.5 Å². The molecule has 29 heavy (non-hydrogen) atoms. The molecule has 5 heteroatoms. The maximum atomic E-state index is 12.8. The minimum absolute atomic E-state index is 0.0833. The van der Waals surface area contributed by atoms with Crippen LogP contribution in [0.1, 0.15) is 40.9 Å². The smallest absolute Gasteiger partial charge is 0.246 e. The van der Waals surface area contributed by atoms with Crippen molar-refractivity contribution in [2.45, 2.75) is 33.7 Å². The van der Waals surface area contributed by atoms with Crippen molar-refractivity contribution in [2.24, 2.45) is 0 Å². The van der Waals surface area contributed by atoms with Crippen LogP contribution in [0.3, 0.4) is 0 Å². The third-order valence-electron chi connectivity index (χ3n) is 5.01. The Balaban J connectivity index is 2.11. The first kappa shape index (κ1) is 22.2. The van der Waals surface area contributed by atoms with Crippen LogP contribution in [0.25, 0.3) is 6.08 Å². The van der Waals surface area contributed by atoms with E-state index in [1.165, 1.54) is 11.0 Å². The number of amides is 1. The van der Waals surface area contributed by atoms with Crippen LogP contribution in [-0.4, -0.2) is 43.4 Å². The molecule has 2 aromatic carbocycles. The number of nitrogens with zero attached hydrogens (tertiary/aromatic N) is 1. The third kappa shape index (κ3) is 5.47. The van der Waals surface area contributed by atoms with Gasteiger partial charge in [-0.2, -0.15) is 0 Å². The molecular weight excluding hydrogens is 366 g/mol. The molecule has 154 valence electrons. The molecule has 1 amide bonds. The fraction of sp³-hybridized carbons (Fsp3) is 0.333. The van der Waals surface area contributed by atoms with E-state index in [1.54, 1.807) is 33.2 Å². The number of hydrogen-bond donors (Lipinski definition) is 0. The van der Waals surface area contributed by atoms with Crippen LogP contribution in [0.2, 0.25) is 0 Å². The van der Waals surface area contributed by atoms with Gasteiger partial charge in [-0.15, -0.1) is 0 Å². The van der Waals surface area contributed by atoms with Crippen molar-refractivity contribution in [3.05, 3.63) is 64.7 Å². The van der Waals surface area contributed by atoms with Crippen molar-refractivity contribution >= 4 is 17.8 Å². The quantitative estimate of drug-likeness (QED) is 0.489. The van der Waals surface area contributed by atoms with Crippen LogP contribution in [0, 0.1) is 13.8 Å². The summed E-state index contributed by atoms with van der Waals surface area (Å²) in [5.41, 5.74) is 3.61. The highest BCUT2D eigenvalue weighted by molar-refractivity contribution is 6.03. The fourth-order valence-corrected chi connectivity index (χ4v) is 2.85. The lowest BCUT2D eigenvalue weighted by Crippen LogP contribution is -2.39. The van der Waals surface area contributed by atoms with Crippen molar-refractivity contribution in [3.63, 3.8) is 0 Å². The molecule has 0 fully saturated rings. The lowest BCUT2D eigenvalue weighted by Gasteiger charge is -2.23. The molecule has 0 N–H and O–H groups in total. The molecule has 0 aliphatic carbocycles. The zero-order valence-corrected chi connectivity index (χ0v) is 18.0. The van der Waals surface area contributed by atoms with E-state index in [0.29, 0.717) is 23.7 Å². The number of ketones is 1. The Kier molecular flexibility index (Phi) is 7.59. The van der Waals surface area contributed by atoms with Gasteiger partial charge in [-0.3, -0.25) is 9.59 Å². The van der Waals surface area contributed by atoms with Gasteiger partial charge >= 0.3 is 0 Å². The first-order valence-electron chi connectivity index (χ1n) is 9.65. The van der Waals surface area contributed by atoms with Gasteiger partial charge in [0, 0.05) is 18.7 Å². The van der Waals surface area contributed by atoms with Crippen LogP contribution in [0.4, 0.5) is 0 Å². The number of methoxy groups -OCH3 is 1. The highest BCUT2D eigenvalue weighted by Crippen LogP contribution is 2.28. The van der Waals surface area contributed by atoms with Gasteiger partial charge in [0.05, 0.1) is 19.8 Å². The Labute approximate surface area is 172 Å². The van der Waals surface area contributed by atoms with E-state index < -0.39 is 6.04 Å². The van der Waals surface area contributed by atoms with Gasteiger partial charge in [0.2, 0.25) is 5.91 Å². The summed E-state index contributed by atoms with van der Waals surface area (Å²) in [5.74, 6) is 0.930. The summed E-state index contributed by atoms with van der Waals surface area (Å²) in [4.78, 5) is 26.8. The average molecular weight is 395 g/mol. The highest BCUT2D eigenvalue weighted by Gasteiger charge is 2.22. The largest absolute Gasteiger partial charge is 0.493 e. The molecule has 0 saturated heterocycles. The number of likely N-dealkylation sites (N-methyl/N-ethyl adjacent to an activating group) is 1. The van der Waals surface area contributed by atoms with Crippen LogP contribution in [-0.2, 0) is 4.79 Å². The Hall–Kier alpha value is -3.08. The van der Waals surface area contributed by atoms with Crippen molar-refractivity contribution in [1.82, 2.24) is 4.90 Å². The van der Waals surface area contributed by atoms with Gasteiger partial charge in [-0.1, -0.05) is 18.2 Å². The van der Waals surface area contributed by atoms with Crippen molar-refractivity contribution in [3.8, 4) is 11.5 Å². The summed E-state index contributed by atoms with van der Waals surface area (Å²) >= 11 is 0. The maximum Gasteiger partial charge on any atom is 0.246 e. The van der Waals surface area contributed by atoms with E-state index in [-0.39, 0.29) is 11.7 Å². The highest BCUT2D eigenvalue weighted by atomic mass is 16.5. The molecule has 0 heterocycles. The second kappa shape index (κ2) is 9.92. The Bertz CT molecular complexity index is 917. The molecule has 0 aliphatic rings. The molecule has 0 saturated carbocycles. The predicted molar refractivity (Wildman–Crippen MR) is 116 cm³/mol. The van der Waals surface area contributed by atoms with E-state index in [0.717, 1.165) is 16.7 Å². The molecular formula is C24H29NO4. The minimum atomic E-state index is -0.566. The number of hydrogen-bond acceptors (Lipinski definition) is 4. The second-order valence-corrected chi connectivity index (χ2v) is 6.97. The van der Waals surface area contributed by atoms with E-state index in [2.05, 4.69) is 0 Å². The standard InChI is InChI=1S/C24H29NO4/c1-7-29-21-12-9-19(15-22(21)28-6)10-13-23(26)25(5)18(4)24(27)20-11-8-16(2)17(3)14-20/h8-15,18H,7H2,1-6H3/b13-10+. The maximum absolute atomic E-state index is 12.8. The molecule has 0 aliphatic heterocycles. The molecule has 2 aromatic rings. The van der Waals surface area contributed by atoms with E-state index in [4.69, 9.17) is 9.47 Å². The van der Waals surface area contributed by atoms with Crippen molar-refractivity contribution in [1.29, 1.82) is 0 Å². The number of rotatable bonds is 8. The second-order valence-electron chi connectivity index (χ2n) is 6.97. The number of carbonyl (C=O) groups excluding carboxylic acids is 2. The first-order chi connectivity index (χ1) is 13.8. The predicted octanol–water partition coefficient (Wildman–Crippen LogP) is 4.45. The summed E-state index contributed by atoms with van der Waals surface area (Å²) in [7, 11) is 3.21. The summed E-state index contributed by atoms with van der Waals surface area (Å²) in [6.07, 6.45) is 3.16. The van der Waals surface area contributed by atoms with Gasteiger partial charge in [0.25, 0.3) is 0 Å². The Morgan fingerprint density at radius 2 is 1.79 bits per heavy atom. The molecule has 1 atom stereocenters. The number of Topliss-reactive ketones (excluding diaryl/α,β-unsaturated/α-hetero) is 1. The molecule has 0 bridgehead atoms. The van der Waals surface area contributed by atoms with Crippen LogP contribution >= 0.6 is 0 Å². The molecule has 5 nitrogen and oxygen atoms in total. The van der Waals surface area contributed by atoms with Crippen LogP contribution < -0.4 is 9.47 Å². The normalized spacial score (nSPS) is 11.9. The third-order valence-corrected chi connectivity index (χ3v) is 5.01. The molecule has 0 spiro atoms. The van der Waals surface area contributed by atoms with Gasteiger partial charge in [-0.25, -0.2) is 0 Å². The van der Waals surface area contributed by atoms with Crippen molar-refractivity contribution < 1.29 is 19.1 Å². The molecule has 0 radical (unpaired) electrons. The SMILES string of the molecule is CCOc1ccc(/C=C/C(=O)N(C)C(C)C(=O)c2ccc(C)c(C)c2)cc1OC. The fourth-order valence-electron chi connectivity index (χ4n) is 2.85. The lowest BCUT2D eigenvalue weighted by molar-refractivity contribution is -0.125. The molecule has 2 rings (SSSR count). The average Bonchev–Trinajstić information content (AvgIpc) is 2.73. The summed E-state index contributed by atoms with van der Waals surface area (Å²) in [6, 6.07) is 10.5. The summed E-state index contributed by atoms with van der Waals surface area (Å²) < 4.78 is 10.8. The Morgan fingerprint density at radius 3 is 2.41 bits per heavy atom. The number of carbonyl (C=O) groups is 2. The minimum Gasteiger partial charge on any atom is -0.493 e. The van der Waals surface area contributed by atoms with Gasteiger partial charge in [0.1, 0.15) is 0 Å². The number of aryl methyl sites for hydroxylation is 2. The first-order valence-corrected chi connectivity index (χ1v) is 9.65. The van der Waals surface area contributed by atoms with Crippen LogP contribution in [0.5, 0.6) is 11.5 Å². The van der Waals surface area contributed by atoms with Gasteiger partial charge < -0.3 is 14.4 Å². The lowest BCUT2D eigenvalue weighted by atomic mass is 10.00. The Morgan fingerprint density at radius 1 is 1.07 bits per heavy atom. The summed E-state index contributed by atoms with van der Waals surface area (Å²) in [5, 5.41) is 0. The van der Waals surface area contributed by atoms with E-state index in [9.17, 15) is 9.59 Å². The summed E-state index contributed by atoms with van der Waals surface area (Å²) in [6.45, 7) is 8.16. The number of ether oxygens (including phenoxy) is 2. The number of benzene rings is 2. The van der Waals surface area contributed by atoms with Gasteiger partial charge in [-0.05, 0) is 68.7 Å².